The van der Waals surface area contributed by atoms with E-state index in [-0.39, 0.29) is 0 Å². The second-order valence-electron chi connectivity index (χ2n) is 7.79. The molecule has 2 aromatic carbocycles. The highest BCUT2D eigenvalue weighted by Crippen LogP contribution is 2.29. The Hall–Kier alpha value is -2.75. The van der Waals surface area contributed by atoms with E-state index in [0.29, 0.717) is 34.7 Å². The number of hydrazone groups is 1. The zero-order valence-electron chi connectivity index (χ0n) is 18.1. The third-order valence-corrected chi connectivity index (χ3v) is 8.00. The first-order valence-electron chi connectivity index (χ1n) is 10.5. The average Bonchev–Trinajstić information content (AvgIpc) is 3.28. The number of aromatic nitrogens is 1. The molecule has 3 aromatic rings. The third-order valence-electron chi connectivity index (χ3n) is 5.39. The highest BCUT2D eigenvalue weighted by molar-refractivity contribution is 7.89. The Morgan fingerprint density at radius 2 is 2.09 bits per heavy atom. The number of hydrogen-bond acceptors (Lipinski definition) is 7. The van der Waals surface area contributed by atoms with E-state index < -0.39 is 10.0 Å². The summed E-state index contributed by atoms with van der Waals surface area (Å²) in [6, 6.07) is 14.6. The lowest BCUT2D eigenvalue weighted by Crippen LogP contribution is -2.39. The van der Waals surface area contributed by atoms with Crippen LogP contribution < -0.4 is 10.2 Å². The summed E-state index contributed by atoms with van der Waals surface area (Å²) in [7, 11) is -1.89. The van der Waals surface area contributed by atoms with Gasteiger partial charge in [0, 0.05) is 29.6 Å². The zero-order valence-corrected chi connectivity index (χ0v) is 19.7. The maximum Gasteiger partial charge on any atom is 0.243 e. The van der Waals surface area contributed by atoms with Crippen LogP contribution in [-0.2, 0) is 10.0 Å². The molecule has 1 aliphatic rings. The monoisotopic (exact) mass is 470 g/mol. The van der Waals surface area contributed by atoms with Crippen molar-refractivity contribution in [2.24, 2.45) is 11.0 Å². The van der Waals surface area contributed by atoms with Gasteiger partial charge in [-0.05, 0) is 43.0 Å². The Morgan fingerprint density at radius 1 is 1.25 bits per heavy atom. The van der Waals surface area contributed by atoms with E-state index in [0.717, 1.165) is 29.7 Å². The van der Waals surface area contributed by atoms with Gasteiger partial charge in [0.25, 0.3) is 0 Å². The number of hydrogen-bond donors (Lipinski definition) is 1. The van der Waals surface area contributed by atoms with Crippen molar-refractivity contribution >= 4 is 32.7 Å². The van der Waals surface area contributed by atoms with Crippen molar-refractivity contribution in [2.75, 3.05) is 25.6 Å². The van der Waals surface area contributed by atoms with Crippen molar-refractivity contribution in [1.29, 1.82) is 0 Å². The largest absolute Gasteiger partial charge is 0.496 e. The summed E-state index contributed by atoms with van der Waals surface area (Å²) in [5.41, 5.74) is 5.24. The SMILES string of the molecule is COc1ccccc1/C=N/Nc1nc(-c2cccc(S(=O)(=O)N3CCCC(C)C3)c2)cs1. The van der Waals surface area contributed by atoms with Crippen molar-refractivity contribution in [3.63, 3.8) is 0 Å². The summed E-state index contributed by atoms with van der Waals surface area (Å²) in [4.78, 5) is 4.86. The normalized spacial score (nSPS) is 17.5. The van der Waals surface area contributed by atoms with Gasteiger partial charge in [-0.3, -0.25) is 5.43 Å². The molecule has 7 nitrogen and oxygen atoms in total. The highest BCUT2D eigenvalue weighted by atomic mass is 32.2. The van der Waals surface area contributed by atoms with Crippen LogP contribution in [0, 0.1) is 5.92 Å². The summed E-state index contributed by atoms with van der Waals surface area (Å²) in [6.07, 6.45) is 3.64. The maximum atomic E-state index is 13.1. The minimum Gasteiger partial charge on any atom is -0.496 e. The molecule has 168 valence electrons. The first-order chi connectivity index (χ1) is 15.5. The smallest absolute Gasteiger partial charge is 0.243 e. The number of ether oxygens (including phenoxy) is 1. The van der Waals surface area contributed by atoms with Crippen LogP contribution >= 0.6 is 11.3 Å². The molecule has 0 saturated carbocycles. The first kappa shape index (κ1) is 22.4. The Morgan fingerprint density at radius 3 is 2.91 bits per heavy atom. The van der Waals surface area contributed by atoms with Crippen molar-refractivity contribution in [3.8, 4) is 17.0 Å². The van der Waals surface area contributed by atoms with Crippen LogP contribution in [0.25, 0.3) is 11.3 Å². The molecule has 2 heterocycles. The molecule has 32 heavy (non-hydrogen) atoms. The molecule has 9 heteroatoms. The van der Waals surface area contributed by atoms with Crippen LogP contribution in [0.4, 0.5) is 5.13 Å². The van der Waals surface area contributed by atoms with Gasteiger partial charge in [0.05, 0.1) is 23.9 Å². The number of benzene rings is 2. The third kappa shape index (κ3) is 5.01. The van der Waals surface area contributed by atoms with Crippen LogP contribution in [0.15, 0.2) is 63.9 Å². The van der Waals surface area contributed by atoms with E-state index in [1.54, 1.807) is 35.8 Å². The molecular formula is C23H26N4O3S2. The molecule has 1 aliphatic heterocycles. The molecular weight excluding hydrogens is 444 g/mol. The lowest BCUT2D eigenvalue weighted by Gasteiger charge is -2.30. The van der Waals surface area contributed by atoms with Gasteiger partial charge in [-0.25, -0.2) is 13.4 Å². The Bertz CT molecular complexity index is 1210. The molecule has 0 amide bonds. The van der Waals surface area contributed by atoms with Crippen LogP contribution in [0.5, 0.6) is 5.75 Å². The first-order valence-corrected chi connectivity index (χ1v) is 12.8. The fraction of sp³-hybridized carbons (Fsp3) is 0.304. The number of para-hydroxylation sites is 1. The molecule has 1 aromatic heterocycles. The molecule has 0 aliphatic carbocycles. The van der Waals surface area contributed by atoms with Crippen molar-refractivity contribution < 1.29 is 13.2 Å². The van der Waals surface area contributed by atoms with E-state index in [2.05, 4.69) is 22.4 Å². The minimum absolute atomic E-state index is 0.306. The van der Waals surface area contributed by atoms with Crippen LogP contribution in [-0.4, -0.2) is 44.1 Å². The quantitative estimate of drug-likeness (QED) is 0.400. The Kier molecular flexibility index (Phi) is 6.88. The minimum atomic E-state index is -3.51. The van der Waals surface area contributed by atoms with Gasteiger partial charge in [0.1, 0.15) is 5.75 Å². The topological polar surface area (TPSA) is 83.9 Å². The summed E-state index contributed by atoms with van der Waals surface area (Å²) in [6.45, 7) is 3.24. The predicted molar refractivity (Wildman–Crippen MR) is 129 cm³/mol. The van der Waals surface area contributed by atoms with Crippen LogP contribution in [0.2, 0.25) is 0 Å². The van der Waals surface area contributed by atoms with Crippen molar-refractivity contribution in [2.45, 2.75) is 24.7 Å². The summed E-state index contributed by atoms with van der Waals surface area (Å²) in [5, 5.41) is 6.74. The molecule has 1 fully saturated rings. The number of nitrogens with zero attached hydrogens (tertiary/aromatic N) is 3. The van der Waals surface area contributed by atoms with Gasteiger partial charge in [-0.15, -0.1) is 11.3 Å². The number of rotatable bonds is 7. The van der Waals surface area contributed by atoms with Gasteiger partial charge in [0.15, 0.2) is 0 Å². The Balaban J connectivity index is 1.49. The van der Waals surface area contributed by atoms with E-state index in [4.69, 9.17) is 4.74 Å². The molecule has 1 unspecified atom stereocenters. The van der Waals surface area contributed by atoms with Crippen LogP contribution in [0.1, 0.15) is 25.3 Å². The average molecular weight is 471 g/mol. The fourth-order valence-electron chi connectivity index (χ4n) is 3.72. The number of sulfonamides is 1. The number of piperidine rings is 1. The van der Waals surface area contributed by atoms with Gasteiger partial charge >= 0.3 is 0 Å². The number of methoxy groups -OCH3 is 1. The van der Waals surface area contributed by atoms with E-state index in [1.807, 2.05) is 35.7 Å². The number of anilines is 1. The second kappa shape index (κ2) is 9.81. The van der Waals surface area contributed by atoms with Crippen molar-refractivity contribution in [1.82, 2.24) is 9.29 Å². The molecule has 1 atom stereocenters. The zero-order chi connectivity index (χ0) is 22.6. The number of nitrogens with one attached hydrogen (secondary N) is 1. The molecule has 0 radical (unpaired) electrons. The van der Waals surface area contributed by atoms with Gasteiger partial charge in [-0.2, -0.15) is 9.41 Å². The maximum absolute atomic E-state index is 13.1. The highest BCUT2D eigenvalue weighted by Gasteiger charge is 2.28. The Labute approximate surface area is 192 Å². The van der Waals surface area contributed by atoms with Gasteiger partial charge in [-0.1, -0.05) is 31.2 Å². The van der Waals surface area contributed by atoms with Gasteiger partial charge < -0.3 is 4.74 Å². The van der Waals surface area contributed by atoms with Gasteiger partial charge in [0.2, 0.25) is 15.2 Å². The summed E-state index contributed by atoms with van der Waals surface area (Å²) >= 11 is 1.40. The predicted octanol–water partition coefficient (Wildman–Crippen LogP) is 4.69. The molecule has 0 bridgehead atoms. The fourth-order valence-corrected chi connectivity index (χ4v) is 6.03. The second-order valence-corrected chi connectivity index (χ2v) is 10.6. The standard InChI is InChI=1S/C23H26N4O3S2/c1-17-7-6-12-27(15-17)32(28,29)20-10-5-9-18(13-20)21-16-31-23(25-21)26-24-14-19-8-3-4-11-22(19)30-2/h3-5,8-11,13-14,16-17H,6-7,12,15H2,1-2H3,(H,25,26)/b24-14+. The molecule has 0 spiro atoms. The van der Waals surface area contributed by atoms with E-state index >= 15 is 0 Å². The summed E-state index contributed by atoms with van der Waals surface area (Å²) in [5.74, 6) is 1.12. The molecule has 1 N–H and O–H groups in total. The van der Waals surface area contributed by atoms with E-state index in [1.165, 1.54) is 11.3 Å². The lowest BCUT2D eigenvalue weighted by atomic mass is 10.0. The molecule has 4 rings (SSSR count). The molecule has 1 saturated heterocycles. The van der Waals surface area contributed by atoms with Crippen LogP contribution in [0.3, 0.4) is 0 Å². The number of thiazole rings is 1. The van der Waals surface area contributed by atoms with E-state index in [9.17, 15) is 8.42 Å². The van der Waals surface area contributed by atoms with Crippen molar-refractivity contribution in [3.05, 3.63) is 59.5 Å². The summed E-state index contributed by atoms with van der Waals surface area (Å²) < 4.78 is 33.1. The lowest BCUT2D eigenvalue weighted by molar-refractivity contribution is 0.281.